The lowest BCUT2D eigenvalue weighted by atomic mass is 10.0. The topological polar surface area (TPSA) is 46.2 Å². The van der Waals surface area contributed by atoms with Crippen LogP contribution >= 0.6 is 0 Å². The van der Waals surface area contributed by atoms with Crippen LogP contribution in [0.2, 0.25) is 0 Å². The number of rotatable bonds is 2. The molecular formula is C11H13NO2. The molecule has 1 aromatic rings. The summed E-state index contributed by atoms with van der Waals surface area (Å²) in [5.74, 6) is -0.126. The van der Waals surface area contributed by atoms with Crippen molar-refractivity contribution in [3.05, 3.63) is 28.8 Å². The molecule has 0 aliphatic rings. The largest absolute Gasteiger partial charge is 0.326 e. The second kappa shape index (κ2) is 4.05. The third kappa shape index (κ3) is 1.99. The molecule has 0 unspecified atom stereocenters. The number of aryl methyl sites for hydroxylation is 1. The Labute approximate surface area is 83.1 Å². The van der Waals surface area contributed by atoms with E-state index in [0.29, 0.717) is 5.56 Å². The molecule has 74 valence electrons. The van der Waals surface area contributed by atoms with Gasteiger partial charge < -0.3 is 5.32 Å². The molecule has 0 heterocycles. The average molecular weight is 191 g/mol. The lowest BCUT2D eigenvalue weighted by Gasteiger charge is -2.11. The molecule has 0 saturated heterocycles. The van der Waals surface area contributed by atoms with Crippen LogP contribution in [0.1, 0.15) is 28.4 Å². The van der Waals surface area contributed by atoms with Gasteiger partial charge in [-0.15, -0.1) is 0 Å². The van der Waals surface area contributed by atoms with Gasteiger partial charge in [0.15, 0.2) is 0 Å². The van der Waals surface area contributed by atoms with Crippen molar-refractivity contribution < 1.29 is 9.59 Å². The number of hydrogen-bond donors (Lipinski definition) is 1. The third-order valence-electron chi connectivity index (χ3n) is 2.14. The summed E-state index contributed by atoms with van der Waals surface area (Å²) in [6.45, 7) is 5.17. The zero-order chi connectivity index (χ0) is 10.7. The van der Waals surface area contributed by atoms with Gasteiger partial charge in [0, 0.05) is 18.2 Å². The number of benzene rings is 1. The molecule has 3 nitrogen and oxygen atoms in total. The third-order valence-corrected chi connectivity index (χ3v) is 2.14. The fraction of sp³-hybridized carbons (Fsp3) is 0.273. The Morgan fingerprint density at radius 1 is 1.36 bits per heavy atom. The van der Waals surface area contributed by atoms with E-state index in [9.17, 15) is 9.59 Å². The van der Waals surface area contributed by atoms with E-state index in [4.69, 9.17) is 0 Å². The highest BCUT2D eigenvalue weighted by molar-refractivity contribution is 5.92. The minimum absolute atomic E-state index is 0.126. The molecule has 1 amide bonds. The van der Waals surface area contributed by atoms with Gasteiger partial charge in [0.05, 0.1) is 0 Å². The maximum absolute atomic E-state index is 10.9. The molecule has 0 radical (unpaired) electrons. The predicted octanol–water partition coefficient (Wildman–Crippen LogP) is 2.07. The Kier molecular flexibility index (Phi) is 3.02. The van der Waals surface area contributed by atoms with Gasteiger partial charge in [0.2, 0.25) is 5.91 Å². The Morgan fingerprint density at radius 3 is 2.50 bits per heavy atom. The number of anilines is 1. The molecule has 1 rings (SSSR count). The van der Waals surface area contributed by atoms with Crippen molar-refractivity contribution in [1.29, 1.82) is 0 Å². The first-order valence-corrected chi connectivity index (χ1v) is 4.39. The monoisotopic (exact) mass is 191 g/mol. The van der Waals surface area contributed by atoms with Crippen LogP contribution in [-0.2, 0) is 4.79 Å². The standard InChI is InChI=1S/C11H13NO2/c1-7-4-5-10(6-13)8(2)11(7)12-9(3)14/h4-6H,1-3H3,(H,12,14). The van der Waals surface area contributed by atoms with Crippen LogP contribution in [-0.4, -0.2) is 12.2 Å². The summed E-state index contributed by atoms with van der Waals surface area (Å²) in [5, 5.41) is 2.72. The summed E-state index contributed by atoms with van der Waals surface area (Å²) in [4.78, 5) is 21.6. The van der Waals surface area contributed by atoms with Gasteiger partial charge in [-0.3, -0.25) is 9.59 Å². The molecular weight excluding hydrogens is 178 g/mol. The molecule has 0 aliphatic carbocycles. The molecule has 0 atom stereocenters. The fourth-order valence-electron chi connectivity index (χ4n) is 1.36. The second-order valence-corrected chi connectivity index (χ2v) is 3.27. The van der Waals surface area contributed by atoms with Gasteiger partial charge in [-0.25, -0.2) is 0 Å². The first-order chi connectivity index (χ1) is 6.56. The van der Waals surface area contributed by atoms with Crippen LogP contribution in [0.4, 0.5) is 5.69 Å². The number of aldehydes is 1. The molecule has 0 saturated carbocycles. The van der Waals surface area contributed by atoms with E-state index >= 15 is 0 Å². The van der Waals surface area contributed by atoms with E-state index in [1.807, 2.05) is 19.9 Å². The van der Waals surface area contributed by atoms with E-state index in [0.717, 1.165) is 23.1 Å². The highest BCUT2D eigenvalue weighted by Crippen LogP contribution is 2.22. The first-order valence-electron chi connectivity index (χ1n) is 4.39. The summed E-state index contributed by atoms with van der Waals surface area (Å²) in [7, 11) is 0. The van der Waals surface area contributed by atoms with Gasteiger partial charge in [-0.2, -0.15) is 0 Å². The Hall–Kier alpha value is -1.64. The summed E-state index contributed by atoms with van der Waals surface area (Å²) in [5.41, 5.74) is 3.12. The molecule has 0 bridgehead atoms. The maximum atomic E-state index is 10.9. The van der Waals surface area contributed by atoms with Gasteiger partial charge in [-0.05, 0) is 25.0 Å². The lowest BCUT2D eigenvalue weighted by molar-refractivity contribution is -0.114. The van der Waals surface area contributed by atoms with Crippen molar-refractivity contribution in [2.24, 2.45) is 0 Å². The van der Waals surface area contributed by atoms with Crippen molar-refractivity contribution in [2.75, 3.05) is 5.32 Å². The number of carbonyl (C=O) groups is 2. The lowest BCUT2D eigenvalue weighted by Crippen LogP contribution is -2.09. The molecule has 0 fully saturated rings. The summed E-state index contributed by atoms with van der Waals surface area (Å²) >= 11 is 0. The predicted molar refractivity (Wildman–Crippen MR) is 55.6 cm³/mol. The first kappa shape index (κ1) is 10.4. The molecule has 1 aromatic carbocycles. The quantitative estimate of drug-likeness (QED) is 0.727. The molecule has 0 spiro atoms. The van der Waals surface area contributed by atoms with Gasteiger partial charge >= 0.3 is 0 Å². The minimum Gasteiger partial charge on any atom is -0.326 e. The Balaban J connectivity index is 3.24. The van der Waals surface area contributed by atoms with E-state index in [-0.39, 0.29) is 5.91 Å². The molecule has 1 N–H and O–H groups in total. The SMILES string of the molecule is CC(=O)Nc1c(C)ccc(C=O)c1C. The van der Waals surface area contributed by atoms with Crippen molar-refractivity contribution in [3.8, 4) is 0 Å². The smallest absolute Gasteiger partial charge is 0.221 e. The van der Waals surface area contributed by atoms with Crippen molar-refractivity contribution >= 4 is 17.9 Å². The van der Waals surface area contributed by atoms with Gasteiger partial charge in [0.1, 0.15) is 6.29 Å². The van der Waals surface area contributed by atoms with Gasteiger partial charge in [-0.1, -0.05) is 12.1 Å². The Bertz CT molecular complexity index is 383. The van der Waals surface area contributed by atoms with Crippen molar-refractivity contribution in [1.82, 2.24) is 0 Å². The normalized spacial score (nSPS) is 9.64. The number of hydrogen-bond acceptors (Lipinski definition) is 2. The minimum atomic E-state index is -0.126. The zero-order valence-electron chi connectivity index (χ0n) is 8.55. The van der Waals surface area contributed by atoms with Crippen molar-refractivity contribution in [2.45, 2.75) is 20.8 Å². The van der Waals surface area contributed by atoms with E-state index in [1.165, 1.54) is 6.92 Å². The van der Waals surface area contributed by atoms with Crippen LogP contribution in [0.15, 0.2) is 12.1 Å². The summed E-state index contributed by atoms with van der Waals surface area (Å²) in [6.07, 6.45) is 0.792. The van der Waals surface area contributed by atoms with Crippen LogP contribution in [0.25, 0.3) is 0 Å². The maximum Gasteiger partial charge on any atom is 0.221 e. The highest BCUT2D eigenvalue weighted by Gasteiger charge is 2.07. The van der Waals surface area contributed by atoms with E-state index < -0.39 is 0 Å². The highest BCUT2D eigenvalue weighted by atomic mass is 16.1. The van der Waals surface area contributed by atoms with Crippen LogP contribution in [0, 0.1) is 13.8 Å². The zero-order valence-corrected chi connectivity index (χ0v) is 8.55. The second-order valence-electron chi connectivity index (χ2n) is 3.27. The van der Waals surface area contributed by atoms with E-state index in [2.05, 4.69) is 5.32 Å². The van der Waals surface area contributed by atoms with Crippen molar-refractivity contribution in [3.63, 3.8) is 0 Å². The fourth-order valence-corrected chi connectivity index (χ4v) is 1.36. The number of nitrogens with one attached hydrogen (secondary N) is 1. The Morgan fingerprint density at radius 2 is 2.00 bits per heavy atom. The average Bonchev–Trinajstić information content (AvgIpc) is 2.12. The molecule has 3 heteroatoms. The summed E-state index contributed by atoms with van der Waals surface area (Å²) in [6, 6.07) is 3.57. The van der Waals surface area contributed by atoms with Gasteiger partial charge in [0.25, 0.3) is 0 Å². The van der Waals surface area contributed by atoms with Crippen LogP contribution in [0.3, 0.4) is 0 Å². The molecule has 14 heavy (non-hydrogen) atoms. The van der Waals surface area contributed by atoms with Crippen LogP contribution in [0.5, 0.6) is 0 Å². The van der Waals surface area contributed by atoms with E-state index in [1.54, 1.807) is 6.07 Å². The molecule has 0 aliphatic heterocycles. The number of amides is 1. The number of carbonyl (C=O) groups excluding carboxylic acids is 2. The summed E-state index contributed by atoms with van der Waals surface area (Å²) < 4.78 is 0. The molecule has 0 aromatic heterocycles. The van der Waals surface area contributed by atoms with Crippen LogP contribution < -0.4 is 5.32 Å².